The van der Waals surface area contributed by atoms with E-state index in [9.17, 15) is 4.79 Å². The fourth-order valence-electron chi connectivity index (χ4n) is 1.91. The van der Waals surface area contributed by atoms with Gasteiger partial charge >= 0.3 is 5.97 Å². The van der Waals surface area contributed by atoms with Crippen molar-refractivity contribution < 1.29 is 14.6 Å². The van der Waals surface area contributed by atoms with Gasteiger partial charge in [0.15, 0.2) is 5.88 Å². The molecule has 0 saturated heterocycles. The summed E-state index contributed by atoms with van der Waals surface area (Å²) in [5.41, 5.74) is 6.27. The average molecular weight is 260 g/mol. The predicted octanol–water partition coefficient (Wildman–Crippen LogP) is 2.46. The van der Waals surface area contributed by atoms with Crippen LogP contribution in [-0.4, -0.2) is 22.4 Å². The minimum Gasteiger partial charge on any atom is -0.478 e. The van der Waals surface area contributed by atoms with Crippen LogP contribution < -0.4 is 5.73 Å². The first-order valence-corrected chi connectivity index (χ1v) is 6.04. The molecule has 1 aliphatic heterocycles. The Hall–Kier alpha value is -2.30. The molecule has 0 aliphatic carbocycles. The fourth-order valence-corrected chi connectivity index (χ4v) is 1.91. The van der Waals surface area contributed by atoms with Gasteiger partial charge in [0, 0.05) is 6.08 Å². The molecule has 5 heteroatoms. The fraction of sp³-hybridized carbons (Fsp3) is 0.286. The third-order valence-electron chi connectivity index (χ3n) is 3.21. The summed E-state index contributed by atoms with van der Waals surface area (Å²) in [4.78, 5) is 15.6. The van der Waals surface area contributed by atoms with Crippen LogP contribution in [0.4, 0.5) is 5.69 Å². The zero-order chi connectivity index (χ0) is 14.0. The molecule has 1 unspecified atom stereocenters. The average Bonchev–Trinajstić information content (AvgIpc) is 2.65. The Morgan fingerprint density at radius 3 is 2.79 bits per heavy atom. The molecule has 5 nitrogen and oxygen atoms in total. The minimum absolute atomic E-state index is 0.160. The number of aliphatic imine (C=N–C) groups is 1. The summed E-state index contributed by atoms with van der Waals surface area (Å²) >= 11 is 0. The largest absolute Gasteiger partial charge is 0.478 e. The number of benzene rings is 1. The first-order valence-electron chi connectivity index (χ1n) is 6.04. The number of nitrogens with zero attached hydrogens (tertiary/aromatic N) is 1. The van der Waals surface area contributed by atoms with Crippen LogP contribution in [0.3, 0.4) is 0 Å². The molecule has 100 valence electrons. The van der Waals surface area contributed by atoms with Crippen LogP contribution in [0.15, 0.2) is 41.2 Å². The molecule has 0 saturated carbocycles. The maximum atomic E-state index is 11.2. The summed E-state index contributed by atoms with van der Waals surface area (Å²) in [6.45, 7) is 3.84. The molecule has 0 spiro atoms. The number of carboxylic acids is 1. The summed E-state index contributed by atoms with van der Waals surface area (Å²) in [6.07, 6.45) is 2.33. The number of para-hydroxylation sites is 1. The Bertz CT molecular complexity index is 578. The lowest BCUT2D eigenvalue weighted by atomic mass is 9.98. The van der Waals surface area contributed by atoms with E-state index in [2.05, 4.69) is 4.99 Å². The molecule has 1 aromatic carbocycles. The quantitative estimate of drug-likeness (QED) is 0.874. The van der Waals surface area contributed by atoms with Crippen LogP contribution in [0.5, 0.6) is 0 Å². The molecular formula is C14H16N2O3. The molecule has 19 heavy (non-hydrogen) atoms. The van der Waals surface area contributed by atoms with E-state index in [1.54, 1.807) is 24.3 Å². The van der Waals surface area contributed by atoms with E-state index in [4.69, 9.17) is 15.6 Å². The number of hydrogen-bond donors (Lipinski definition) is 2. The van der Waals surface area contributed by atoms with Gasteiger partial charge in [0.2, 0.25) is 0 Å². The maximum absolute atomic E-state index is 11.2. The Morgan fingerprint density at radius 1 is 1.47 bits per heavy atom. The number of carbonyl (C=O) groups is 1. The molecule has 2 rings (SSSR count). The SMILES string of the molecule is CCC1(C)OC(N)=CC1=Nc1ccccc1C(=O)O. The second-order valence-corrected chi connectivity index (χ2v) is 4.55. The molecular weight excluding hydrogens is 244 g/mol. The Kier molecular flexibility index (Phi) is 3.29. The van der Waals surface area contributed by atoms with Gasteiger partial charge in [-0.25, -0.2) is 9.79 Å². The van der Waals surface area contributed by atoms with Gasteiger partial charge in [-0.2, -0.15) is 0 Å². The zero-order valence-electron chi connectivity index (χ0n) is 10.9. The molecule has 3 N–H and O–H groups in total. The van der Waals surface area contributed by atoms with Crippen molar-refractivity contribution in [2.45, 2.75) is 25.9 Å². The smallest absolute Gasteiger partial charge is 0.337 e. The highest BCUT2D eigenvalue weighted by Crippen LogP contribution is 2.30. The molecule has 0 aromatic heterocycles. The highest BCUT2D eigenvalue weighted by atomic mass is 16.5. The van der Waals surface area contributed by atoms with Crippen LogP contribution in [0.2, 0.25) is 0 Å². The van der Waals surface area contributed by atoms with Crippen molar-refractivity contribution in [2.75, 3.05) is 0 Å². The van der Waals surface area contributed by atoms with Gasteiger partial charge < -0.3 is 15.6 Å². The van der Waals surface area contributed by atoms with E-state index in [1.807, 2.05) is 13.8 Å². The van der Waals surface area contributed by atoms with Gasteiger partial charge in [0.05, 0.1) is 17.0 Å². The van der Waals surface area contributed by atoms with Crippen molar-refractivity contribution in [3.05, 3.63) is 41.8 Å². The van der Waals surface area contributed by atoms with Crippen LogP contribution in [0.25, 0.3) is 0 Å². The molecule has 1 aliphatic rings. The van der Waals surface area contributed by atoms with Crippen molar-refractivity contribution >= 4 is 17.4 Å². The summed E-state index contributed by atoms with van der Waals surface area (Å²) < 4.78 is 5.54. The lowest BCUT2D eigenvalue weighted by molar-refractivity contribution is 0.0697. The van der Waals surface area contributed by atoms with Gasteiger partial charge in [-0.1, -0.05) is 19.1 Å². The Balaban J connectivity index is 2.49. The summed E-state index contributed by atoms with van der Waals surface area (Å²) in [7, 11) is 0. The Morgan fingerprint density at radius 2 is 2.16 bits per heavy atom. The number of rotatable bonds is 3. The lowest BCUT2D eigenvalue weighted by Crippen LogP contribution is -2.32. The lowest BCUT2D eigenvalue weighted by Gasteiger charge is -2.23. The van der Waals surface area contributed by atoms with Crippen LogP contribution >= 0.6 is 0 Å². The normalized spacial score (nSPS) is 24.1. The van der Waals surface area contributed by atoms with E-state index in [-0.39, 0.29) is 5.56 Å². The van der Waals surface area contributed by atoms with Crippen LogP contribution in [0, 0.1) is 0 Å². The first-order chi connectivity index (χ1) is 8.96. The molecule has 1 atom stereocenters. The summed E-state index contributed by atoms with van der Waals surface area (Å²) in [5.74, 6) is -0.704. The second-order valence-electron chi connectivity index (χ2n) is 4.55. The van der Waals surface area contributed by atoms with Crippen molar-refractivity contribution in [2.24, 2.45) is 10.7 Å². The van der Waals surface area contributed by atoms with Gasteiger partial charge in [-0.05, 0) is 25.5 Å². The predicted molar refractivity (Wildman–Crippen MR) is 72.5 cm³/mol. The van der Waals surface area contributed by atoms with E-state index in [0.29, 0.717) is 23.7 Å². The third-order valence-corrected chi connectivity index (χ3v) is 3.21. The molecule has 0 fully saturated rings. The van der Waals surface area contributed by atoms with Gasteiger partial charge in [-0.15, -0.1) is 0 Å². The van der Waals surface area contributed by atoms with Crippen LogP contribution in [0.1, 0.15) is 30.6 Å². The van der Waals surface area contributed by atoms with Crippen molar-refractivity contribution in [3.63, 3.8) is 0 Å². The van der Waals surface area contributed by atoms with Crippen LogP contribution in [-0.2, 0) is 4.74 Å². The topological polar surface area (TPSA) is 84.9 Å². The number of hydrogen-bond acceptors (Lipinski definition) is 4. The highest BCUT2D eigenvalue weighted by molar-refractivity contribution is 6.06. The highest BCUT2D eigenvalue weighted by Gasteiger charge is 2.35. The number of carboxylic acid groups (broad SMARTS) is 1. The molecule has 0 amide bonds. The Labute approximate surface area is 111 Å². The van der Waals surface area contributed by atoms with E-state index in [0.717, 1.165) is 0 Å². The van der Waals surface area contributed by atoms with Gasteiger partial charge in [0.25, 0.3) is 0 Å². The second kappa shape index (κ2) is 4.76. The molecule has 0 bridgehead atoms. The minimum atomic E-state index is -1.01. The molecule has 0 radical (unpaired) electrons. The molecule has 1 heterocycles. The van der Waals surface area contributed by atoms with Gasteiger partial charge in [0.1, 0.15) is 5.60 Å². The number of ether oxygens (including phenoxy) is 1. The van der Waals surface area contributed by atoms with Crippen molar-refractivity contribution in [1.82, 2.24) is 0 Å². The van der Waals surface area contributed by atoms with Crippen molar-refractivity contribution in [3.8, 4) is 0 Å². The first kappa shape index (κ1) is 13.1. The van der Waals surface area contributed by atoms with Gasteiger partial charge in [-0.3, -0.25) is 0 Å². The zero-order valence-corrected chi connectivity index (χ0v) is 10.9. The monoisotopic (exact) mass is 260 g/mol. The maximum Gasteiger partial charge on any atom is 0.337 e. The van der Waals surface area contributed by atoms with E-state index < -0.39 is 11.6 Å². The summed E-state index contributed by atoms with van der Waals surface area (Å²) in [6, 6.07) is 6.60. The van der Waals surface area contributed by atoms with Crippen molar-refractivity contribution in [1.29, 1.82) is 0 Å². The van der Waals surface area contributed by atoms with E-state index in [1.165, 1.54) is 6.07 Å². The molecule has 1 aromatic rings. The number of nitrogens with two attached hydrogens (primary N) is 1. The summed E-state index contributed by atoms with van der Waals surface area (Å²) in [5, 5.41) is 9.14. The third kappa shape index (κ3) is 2.45. The number of aromatic carboxylic acids is 1. The van der Waals surface area contributed by atoms with E-state index >= 15 is 0 Å². The standard InChI is InChI=1S/C14H16N2O3/c1-3-14(2)11(8-12(15)19-14)16-10-7-5-4-6-9(10)13(17)18/h4-8H,3,15H2,1-2H3,(H,17,18).